The summed E-state index contributed by atoms with van der Waals surface area (Å²) < 4.78 is 11.3. The molecule has 5 atom stereocenters. The van der Waals surface area contributed by atoms with Crippen LogP contribution in [0.5, 0.6) is 0 Å². The Balaban J connectivity index is 2.00. The maximum atomic E-state index is 10.3. The number of aliphatic carboxylic acids is 1. The molecule has 0 aromatic heterocycles. The molecule has 0 saturated carbocycles. The van der Waals surface area contributed by atoms with Crippen LogP contribution in [-0.4, -0.2) is 46.9 Å². The molecule has 0 spiro atoms. The Morgan fingerprint density at radius 3 is 2.33 bits per heavy atom. The number of aliphatic hydroxyl groups excluding tert-OH is 2. The molecule has 1 aliphatic rings. The molecule has 6 heteroatoms. The summed E-state index contributed by atoms with van der Waals surface area (Å²) in [6, 6.07) is 0. The molecule has 142 valence electrons. The highest BCUT2D eigenvalue weighted by Gasteiger charge is 2.35. The number of carboxylic acid groups (broad SMARTS) is 1. The second-order valence-corrected chi connectivity index (χ2v) is 6.91. The van der Waals surface area contributed by atoms with Gasteiger partial charge in [0.25, 0.3) is 0 Å². The third-order valence-corrected chi connectivity index (χ3v) is 4.55. The zero-order chi connectivity index (χ0) is 17.9. The monoisotopic (exact) mass is 345 g/mol. The van der Waals surface area contributed by atoms with Gasteiger partial charge in [0.1, 0.15) is 6.10 Å². The predicted octanol–water partition coefficient (Wildman–Crippen LogP) is 1.51. The number of carboxylic acids is 1. The van der Waals surface area contributed by atoms with E-state index >= 15 is 0 Å². The van der Waals surface area contributed by atoms with Crippen LogP contribution in [0.1, 0.15) is 78.1 Å². The summed E-state index contributed by atoms with van der Waals surface area (Å²) in [5.74, 6) is -0.958. The molecule has 0 aliphatic carbocycles. The molecule has 0 amide bonds. The maximum absolute atomic E-state index is 10.3. The third-order valence-electron chi connectivity index (χ3n) is 4.55. The van der Waals surface area contributed by atoms with Gasteiger partial charge in [0.2, 0.25) is 0 Å². The van der Waals surface area contributed by atoms with Crippen molar-refractivity contribution in [3.63, 3.8) is 0 Å². The highest BCUT2D eigenvalue weighted by atomic mass is 16.7. The van der Waals surface area contributed by atoms with Gasteiger partial charge in [-0.05, 0) is 33.1 Å². The van der Waals surface area contributed by atoms with E-state index in [0.29, 0.717) is 6.42 Å². The number of ether oxygens (including phenoxy) is 2. The van der Waals surface area contributed by atoms with Gasteiger partial charge in [0.15, 0.2) is 6.29 Å². The van der Waals surface area contributed by atoms with Crippen LogP contribution in [0.15, 0.2) is 0 Å². The normalized spacial score (nSPS) is 28.7. The van der Waals surface area contributed by atoms with Gasteiger partial charge in [-0.15, -0.1) is 0 Å². The summed E-state index contributed by atoms with van der Waals surface area (Å²) in [7, 11) is 0. The SMILES string of the molecule is C[C@H](CCCCCCCCCC(=O)[O-])O[C@@H]1O[C@@H](C)[C@H](O)C[C@H]1O. The highest BCUT2D eigenvalue weighted by Crippen LogP contribution is 2.23. The summed E-state index contributed by atoms with van der Waals surface area (Å²) in [5.41, 5.74) is 0. The Hall–Kier alpha value is -0.690. The zero-order valence-corrected chi connectivity index (χ0v) is 15.0. The second-order valence-electron chi connectivity index (χ2n) is 6.91. The molecule has 24 heavy (non-hydrogen) atoms. The van der Waals surface area contributed by atoms with Gasteiger partial charge in [-0.3, -0.25) is 0 Å². The summed E-state index contributed by atoms with van der Waals surface area (Å²) in [5, 5.41) is 29.8. The van der Waals surface area contributed by atoms with Crippen LogP contribution < -0.4 is 5.11 Å². The molecule has 0 aromatic rings. The average Bonchev–Trinajstić information content (AvgIpc) is 2.50. The lowest BCUT2D eigenvalue weighted by atomic mass is 10.0. The van der Waals surface area contributed by atoms with Crippen molar-refractivity contribution in [2.75, 3.05) is 0 Å². The Labute approximate surface area is 145 Å². The van der Waals surface area contributed by atoms with Crippen LogP contribution in [-0.2, 0) is 14.3 Å². The van der Waals surface area contributed by atoms with Gasteiger partial charge in [0, 0.05) is 12.4 Å². The predicted molar refractivity (Wildman–Crippen MR) is 88.1 cm³/mol. The minimum Gasteiger partial charge on any atom is -0.550 e. The van der Waals surface area contributed by atoms with E-state index in [1.54, 1.807) is 6.92 Å². The second kappa shape index (κ2) is 11.8. The Morgan fingerprint density at radius 1 is 1.12 bits per heavy atom. The standard InChI is InChI=1S/C18H34O6/c1-13(23-18-16(20)12-15(19)14(2)24-18)10-8-6-4-3-5-7-9-11-17(21)22/h13-16,18-20H,3-12H2,1-2H3,(H,21,22)/p-1/t13-,14+,15-,16-,18-/m1/s1. The number of hydrogen-bond donors (Lipinski definition) is 2. The molecule has 1 saturated heterocycles. The van der Waals surface area contributed by atoms with E-state index in [1.165, 1.54) is 0 Å². The lowest BCUT2D eigenvalue weighted by Crippen LogP contribution is -2.48. The smallest absolute Gasteiger partial charge is 0.184 e. The van der Waals surface area contributed by atoms with Crippen molar-refractivity contribution in [1.82, 2.24) is 0 Å². The average molecular weight is 345 g/mol. The van der Waals surface area contributed by atoms with E-state index in [9.17, 15) is 20.1 Å². The van der Waals surface area contributed by atoms with Crippen molar-refractivity contribution in [2.45, 2.75) is 109 Å². The van der Waals surface area contributed by atoms with E-state index in [1.807, 2.05) is 6.92 Å². The first kappa shape index (κ1) is 21.4. The minimum absolute atomic E-state index is 0.00941. The molecule has 6 nitrogen and oxygen atoms in total. The van der Waals surface area contributed by atoms with E-state index in [4.69, 9.17) is 9.47 Å². The van der Waals surface area contributed by atoms with Crippen LogP contribution in [0.4, 0.5) is 0 Å². The minimum atomic E-state index is -0.958. The maximum Gasteiger partial charge on any atom is 0.184 e. The fraction of sp³-hybridized carbons (Fsp3) is 0.944. The van der Waals surface area contributed by atoms with Crippen molar-refractivity contribution < 1.29 is 29.6 Å². The number of rotatable bonds is 12. The summed E-state index contributed by atoms with van der Waals surface area (Å²) in [6.07, 6.45) is 6.18. The molecule has 0 unspecified atom stereocenters. The van der Waals surface area contributed by atoms with Crippen LogP contribution >= 0.6 is 0 Å². The molecule has 0 radical (unpaired) electrons. The topological polar surface area (TPSA) is 99.1 Å². The third kappa shape index (κ3) is 8.97. The fourth-order valence-corrected chi connectivity index (χ4v) is 2.95. The van der Waals surface area contributed by atoms with Crippen molar-refractivity contribution in [3.05, 3.63) is 0 Å². The van der Waals surface area contributed by atoms with Gasteiger partial charge < -0.3 is 29.6 Å². The summed E-state index contributed by atoms with van der Waals surface area (Å²) >= 11 is 0. The van der Waals surface area contributed by atoms with Crippen molar-refractivity contribution in [2.24, 2.45) is 0 Å². The van der Waals surface area contributed by atoms with E-state index < -0.39 is 24.5 Å². The van der Waals surface area contributed by atoms with Crippen LogP contribution in [0.25, 0.3) is 0 Å². The largest absolute Gasteiger partial charge is 0.550 e. The molecule has 1 heterocycles. The van der Waals surface area contributed by atoms with Gasteiger partial charge in [0.05, 0.1) is 18.3 Å². The van der Waals surface area contributed by atoms with Crippen molar-refractivity contribution in [1.29, 1.82) is 0 Å². The highest BCUT2D eigenvalue weighted by molar-refractivity contribution is 5.63. The first-order valence-electron chi connectivity index (χ1n) is 9.27. The van der Waals surface area contributed by atoms with E-state index in [-0.39, 0.29) is 25.0 Å². The Bertz CT molecular complexity index is 348. The van der Waals surface area contributed by atoms with Crippen LogP contribution in [0.2, 0.25) is 0 Å². The lowest BCUT2D eigenvalue weighted by Gasteiger charge is -2.36. The van der Waals surface area contributed by atoms with Crippen LogP contribution in [0, 0.1) is 0 Å². The fourth-order valence-electron chi connectivity index (χ4n) is 2.95. The molecular formula is C18H33O6-. The number of hydrogen-bond acceptors (Lipinski definition) is 6. The first-order chi connectivity index (χ1) is 11.4. The molecule has 0 bridgehead atoms. The lowest BCUT2D eigenvalue weighted by molar-refractivity contribution is -0.305. The molecule has 2 N–H and O–H groups in total. The van der Waals surface area contributed by atoms with Crippen molar-refractivity contribution in [3.8, 4) is 0 Å². The van der Waals surface area contributed by atoms with Gasteiger partial charge in [-0.1, -0.05) is 38.5 Å². The van der Waals surface area contributed by atoms with E-state index in [2.05, 4.69) is 0 Å². The van der Waals surface area contributed by atoms with Crippen LogP contribution in [0.3, 0.4) is 0 Å². The first-order valence-corrected chi connectivity index (χ1v) is 9.27. The quantitative estimate of drug-likeness (QED) is 0.520. The number of carbonyl (C=O) groups is 1. The van der Waals surface area contributed by atoms with E-state index in [0.717, 1.165) is 44.9 Å². The molecular weight excluding hydrogens is 312 g/mol. The number of unbranched alkanes of at least 4 members (excludes halogenated alkanes) is 6. The molecule has 1 aliphatic heterocycles. The number of carbonyl (C=O) groups excluding carboxylic acids is 1. The van der Waals surface area contributed by atoms with Crippen molar-refractivity contribution >= 4 is 5.97 Å². The Kier molecular flexibility index (Phi) is 10.5. The summed E-state index contributed by atoms with van der Waals surface area (Å²) in [6.45, 7) is 3.76. The van der Waals surface area contributed by atoms with Gasteiger partial charge >= 0.3 is 0 Å². The van der Waals surface area contributed by atoms with Gasteiger partial charge in [-0.25, -0.2) is 0 Å². The Morgan fingerprint density at radius 2 is 1.71 bits per heavy atom. The zero-order valence-electron chi connectivity index (χ0n) is 15.0. The number of aliphatic hydroxyl groups is 2. The van der Waals surface area contributed by atoms with Gasteiger partial charge in [-0.2, -0.15) is 0 Å². The molecule has 1 fully saturated rings. The molecule has 0 aromatic carbocycles. The molecule has 1 rings (SSSR count). The summed E-state index contributed by atoms with van der Waals surface area (Å²) in [4.78, 5) is 10.3.